The molecule has 3 aliphatic rings. The molecule has 6 heteroatoms. The highest BCUT2D eigenvalue weighted by Crippen LogP contribution is 2.43. The molecule has 0 spiro atoms. The number of rotatable bonds is 4. The van der Waals surface area contributed by atoms with Crippen LogP contribution in [0.15, 0.2) is 18.2 Å². The molecule has 2 atom stereocenters. The second-order valence-corrected chi connectivity index (χ2v) is 7.21. The SMILES string of the molecule is Cl.O=C(NCCc1ccc2c(c1)OCCO2)[C@@]12CCCC[C@H]1CNC2. The van der Waals surface area contributed by atoms with Crippen molar-refractivity contribution in [1.29, 1.82) is 0 Å². The highest BCUT2D eigenvalue weighted by Gasteiger charge is 2.49. The molecule has 2 aliphatic heterocycles. The van der Waals surface area contributed by atoms with E-state index in [2.05, 4.69) is 16.7 Å². The van der Waals surface area contributed by atoms with Gasteiger partial charge in [-0.05, 0) is 49.4 Å². The lowest BCUT2D eigenvalue weighted by Gasteiger charge is -2.37. The molecule has 2 fully saturated rings. The van der Waals surface area contributed by atoms with Gasteiger partial charge in [0.25, 0.3) is 0 Å². The summed E-state index contributed by atoms with van der Waals surface area (Å²) in [7, 11) is 0. The molecule has 0 unspecified atom stereocenters. The van der Waals surface area contributed by atoms with Gasteiger partial charge in [0.15, 0.2) is 11.5 Å². The minimum Gasteiger partial charge on any atom is -0.486 e. The third-order valence-corrected chi connectivity index (χ3v) is 5.80. The van der Waals surface area contributed by atoms with Crippen LogP contribution in [-0.4, -0.2) is 38.8 Å². The fourth-order valence-electron chi connectivity index (χ4n) is 4.43. The molecule has 1 aromatic carbocycles. The van der Waals surface area contributed by atoms with Crippen LogP contribution in [0.4, 0.5) is 0 Å². The topological polar surface area (TPSA) is 59.6 Å². The number of hydrogen-bond donors (Lipinski definition) is 2. The van der Waals surface area contributed by atoms with Crippen LogP contribution in [0.25, 0.3) is 0 Å². The summed E-state index contributed by atoms with van der Waals surface area (Å²) < 4.78 is 11.2. The summed E-state index contributed by atoms with van der Waals surface area (Å²) in [4.78, 5) is 12.8. The van der Waals surface area contributed by atoms with Crippen molar-refractivity contribution in [3.63, 3.8) is 0 Å². The Balaban J connectivity index is 0.00000182. The monoisotopic (exact) mass is 366 g/mol. The van der Waals surface area contributed by atoms with Crippen molar-refractivity contribution in [2.75, 3.05) is 32.8 Å². The van der Waals surface area contributed by atoms with Crippen molar-refractivity contribution in [3.05, 3.63) is 23.8 Å². The molecule has 1 amide bonds. The van der Waals surface area contributed by atoms with Crippen LogP contribution in [0.5, 0.6) is 11.5 Å². The molecule has 1 aliphatic carbocycles. The summed E-state index contributed by atoms with van der Waals surface area (Å²) in [6.07, 6.45) is 5.46. The first kappa shape index (κ1) is 18.3. The van der Waals surface area contributed by atoms with Crippen molar-refractivity contribution in [1.82, 2.24) is 10.6 Å². The number of benzene rings is 1. The number of amides is 1. The lowest BCUT2D eigenvalue weighted by Crippen LogP contribution is -2.48. The zero-order chi connectivity index (χ0) is 16.4. The molecule has 0 aromatic heterocycles. The number of carbonyl (C=O) groups excluding carboxylic acids is 1. The first-order valence-corrected chi connectivity index (χ1v) is 9.15. The first-order chi connectivity index (χ1) is 11.8. The molecule has 1 saturated heterocycles. The number of fused-ring (bicyclic) bond motifs is 2. The third kappa shape index (κ3) is 3.58. The van der Waals surface area contributed by atoms with E-state index < -0.39 is 0 Å². The summed E-state index contributed by atoms with van der Waals surface area (Å²) in [6, 6.07) is 6.04. The van der Waals surface area contributed by atoms with E-state index in [9.17, 15) is 4.79 Å². The van der Waals surface area contributed by atoms with Crippen molar-refractivity contribution in [3.8, 4) is 11.5 Å². The fourth-order valence-corrected chi connectivity index (χ4v) is 4.43. The molecule has 5 nitrogen and oxygen atoms in total. The summed E-state index contributed by atoms with van der Waals surface area (Å²) in [5.41, 5.74) is 1.01. The van der Waals surface area contributed by atoms with E-state index in [1.54, 1.807) is 0 Å². The zero-order valence-electron chi connectivity index (χ0n) is 14.5. The molecule has 2 N–H and O–H groups in total. The molecule has 2 heterocycles. The van der Waals surface area contributed by atoms with E-state index in [1.165, 1.54) is 24.8 Å². The van der Waals surface area contributed by atoms with Crippen LogP contribution in [0, 0.1) is 11.3 Å². The summed E-state index contributed by atoms with van der Waals surface area (Å²) in [6.45, 7) is 3.72. The van der Waals surface area contributed by atoms with Gasteiger partial charge in [-0.15, -0.1) is 12.4 Å². The molecule has 25 heavy (non-hydrogen) atoms. The average molecular weight is 367 g/mol. The van der Waals surface area contributed by atoms with Crippen LogP contribution in [0.2, 0.25) is 0 Å². The molecular formula is C19H27ClN2O3. The summed E-state index contributed by atoms with van der Waals surface area (Å²) >= 11 is 0. The number of halogens is 1. The number of hydrogen-bond acceptors (Lipinski definition) is 4. The van der Waals surface area contributed by atoms with Gasteiger partial charge in [-0.3, -0.25) is 4.79 Å². The minimum atomic E-state index is -0.162. The smallest absolute Gasteiger partial charge is 0.227 e. The number of nitrogens with one attached hydrogen (secondary N) is 2. The maximum absolute atomic E-state index is 12.8. The molecular weight excluding hydrogens is 340 g/mol. The molecule has 0 bridgehead atoms. The molecule has 4 rings (SSSR count). The molecule has 1 saturated carbocycles. The van der Waals surface area contributed by atoms with Crippen LogP contribution in [-0.2, 0) is 11.2 Å². The third-order valence-electron chi connectivity index (χ3n) is 5.80. The maximum Gasteiger partial charge on any atom is 0.227 e. The van der Waals surface area contributed by atoms with Gasteiger partial charge in [0, 0.05) is 13.1 Å². The maximum atomic E-state index is 12.8. The Morgan fingerprint density at radius 3 is 2.96 bits per heavy atom. The van der Waals surface area contributed by atoms with Crippen LogP contribution in [0.1, 0.15) is 31.2 Å². The van der Waals surface area contributed by atoms with Gasteiger partial charge in [-0.2, -0.15) is 0 Å². The highest BCUT2D eigenvalue weighted by molar-refractivity contribution is 5.85. The van der Waals surface area contributed by atoms with Crippen LogP contribution >= 0.6 is 12.4 Å². The van der Waals surface area contributed by atoms with Crippen LogP contribution < -0.4 is 20.1 Å². The normalized spacial score (nSPS) is 27.1. The van der Waals surface area contributed by atoms with Gasteiger partial charge < -0.3 is 20.1 Å². The van der Waals surface area contributed by atoms with Crippen molar-refractivity contribution >= 4 is 18.3 Å². The van der Waals surface area contributed by atoms with Crippen molar-refractivity contribution < 1.29 is 14.3 Å². The standard InChI is InChI=1S/C19H26N2O3.ClH/c22-18(19-7-2-1-3-15(19)12-20-13-19)21-8-6-14-4-5-16-17(11-14)24-10-9-23-16;/h4-5,11,15,20H,1-3,6-10,12-13H2,(H,21,22);1H/t15-,19+;/m0./s1. The van der Waals surface area contributed by atoms with Crippen LogP contribution in [0.3, 0.4) is 0 Å². The largest absolute Gasteiger partial charge is 0.486 e. The van der Waals surface area contributed by atoms with E-state index in [0.717, 1.165) is 37.4 Å². The van der Waals surface area contributed by atoms with Crippen molar-refractivity contribution in [2.45, 2.75) is 32.1 Å². The average Bonchev–Trinajstić information content (AvgIpc) is 3.07. The fraction of sp³-hybridized carbons (Fsp3) is 0.632. The molecule has 138 valence electrons. The first-order valence-electron chi connectivity index (χ1n) is 9.15. The lowest BCUT2D eigenvalue weighted by molar-refractivity contribution is -0.133. The highest BCUT2D eigenvalue weighted by atomic mass is 35.5. The number of carbonyl (C=O) groups is 1. The van der Waals surface area contributed by atoms with Gasteiger partial charge in [0.2, 0.25) is 5.91 Å². The van der Waals surface area contributed by atoms with E-state index in [-0.39, 0.29) is 23.7 Å². The van der Waals surface area contributed by atoms with E-state index in [0.29, 0.717) is 25.7 Å². The Morgan fingerprint density at radius 2 is 2.08 bits per heavy atom. The Labute approximate surface area is 155 Å². The molecule has 1 aromatic rings. The van der Waals surface area contributed by atoms with Gasteiger partial charge >= 0.3 is 0 Å². The Bertz CT molecular complexity index is 625. The Morgan fingerprint density at radius 1 is 1.24 bits per heavy atom. The molecule has 0 radical (unpaired) electrons. The van der Waals surface area contributed by atoms with Gasteiger partial charge in [-0.1, -0.05) is 18.9 Å². The second kappa shape index (κ2) is 7.83. The lowest BCUT2D eigenvalue weighted by atomic mass is 9.67. The second-order valence-electron chi connectivity index (χ2n) is 7.21. The van der Waals surface area contributed by atoms with Gasteiger partial charge in [-0.25, -0.2) is 0 Å². The Kier molecular flexibility index (Phi) is 5.74. The Hall–Kier alpha value is -1.46. The zero-order valence-corrected chi connectivity index (χ0v) is 15.3. The number of ether oxygens (including phenoxy) is 2. The summed E-state index contributed by atoms with van der Waals surface area (Å²) in [5, 5.41) is 6.63. The van der Waals surface area contributed by atoms with E-state index in [1.807, 2.05) is 12.1 Å². The quantitative estimate of drug-likeness (QED) is 0.858. The van der Waals surface area contributed by atoms with Gasteiger partial charge in [0.1, 0.15) is 13.2 Å². The summed E-state index contributed by atoms with van der Waals surface area (Å²) in [5.74, 6) is 2.39. The minimum absolute atomic E-state index is 0. The predicted octanol–water partition coefficient (Wildman–Crippen LogP) is 2.32. The van der Waals surface area contributed by atoms with E-state index >= 15 is 0 Å². The van der Waals surface area contributed by atoms with Crippen molar-refractivity contribution in [2.24, 2.45) is 11.3 Å². The van der Waals surface area contributed by atoms with E-state index in [4.69, 9.17) is 9.47 Å². The van der Waals surface area contributed by atoms with Gasteiger partial charge in [0.05, 0.1) is 5.41 Å². The predicted molar refractivity (Wildman–Crippen MR) is 98.7 cm³/mol.